The molecule has 0 radical (unpaired) electrons. The Morgan fingerprint density at radius 3 is 2.65 bits per heavy atom. The summed E-state index contributed by atoms with van der Waals surface area (Å²) in [5, 5.41) is 0. The van der Waals surface area contributed by atoms with Crippen LogP contribution in [0.5, 0.6) is 0 Å². The van der Waals surface area contributed by atoms with Crippen molar-refractivity contribution < 1.29 is 0 Å². The highest BCUT2D eigenvalue weighted by atomic mass is 15.2. The van der Waals surface area contributed by atoms with Gasteiger partial charge in [-0.25, -0.2) is 0 Å². The van der Waals surface area contributed by atoms with Crippen LogP contribution in [0, 0.1) is 17.8 Å². The number of rotatable bonds is 3. The van der Waals surface area contributed by atoms with Crippen LogP contribution in [-0.4, -0.2) is 0 Å². The van der Waals surface area contributed by atoms with E-state index in [1.807, 2.05) is 0 Å². The van der Waals surface area contributed by atoms with E-state index in [4.69, 9.17) is 5.84 Å². The molecule has 2 aliphatic rings. The van der Waals surface area contributed by atoms with Gasteiger partial charge in [0.1, 0.15) is 0 Å². The molecule has 4 unspecified atom stereocenters. The molecule has 0 spiro atoms. The van der Waals surface area contributed by atoms with Crippen molar-refractivity contribution in [3.8, 4) is 0 Å². The maximum absolute atomic E-state index is 5.91. The first-order valence-electron chi connectivity index (χ1n) is 8.27. The molecule has 1 aromatic carbocycles. The highest BCUT2D eigenvalue weighted by molar-refractivity contribution is 5.36. The maximum Gasteiger partial charge on any atom is 0.0488 e. The van der Waals surface area contributed by atoms with Crippen LogP contribution >= 0.6 is 0 Å². The van der Waals surface area contributed by atoms with Gasteiger partial charge in [-0.15, -0.1) is 0 Å². The number of nitrogens with one attached hydrogen (secondary N) is 1. The van der Waals surface area contributed by atoms with Gasteiger partial charge in [0.2, 0.25) is 0 Å². The lowest BCUT2D eigenvalue weighted by Crippen LogP contribution is -2.37. The van der Waals surface area contributed by atoms with Crippen LogP contribution in [0.1, 0.15) is 62.3 Å². The van der Waals surface area contributed by atoms with Crippen LogP contribution in [0.25, 0.3) is 0 Å². The van der Waals surface area contributed by atoms with Gasteiger partial charge in [0.05, 0.1) is 0 Å². The average Bonchev–Trinajstić information content (AvgIpc) is 2.91. The summed E-state index contributed by atoms with van der Waals surface area (Å²) < 4.78 is 0. The van der Waals surface area contributed by atoms with Crippen LogP contribution in [-0.2, 0) is 12.8 Å². The summed E-state index contributed by atoms with van der Waals surface area (Å²) in [6.45, 7) is 4.79. The zero-order valence-electron chi connectivity index (χ0n) is 12.9. The Kier molecular flexibility index (Phi) is 4.13. The highest BCUT2D eigenvalue weighted by Gasteiger charge is 2.30. The largest absolute Gasteiger partial charge is 0.271 e. The van der Waals surface area contributed by atoms with Crippen molar-refractivity contribution in [2.24, 2.45) is 23.6 Å². The summed E-state index contributed by atoms with van der Waals surface area (Å²) >= 11 is 0. The molecule has 0 aromatic heterocycles. The normalized spacial score (nSPS) is 31.1. The molecule has 2 nitrogen and oxygen atoms in total. The summed E-state index contributed by atoms with van der Waals surface area (Å²) in [5.41, 5.74) is 7.62. The first kappa shape index (κ1) is 14.1. The van der Waals surface area contributed by atoms with Crippen molar-refractivity contribution in [3.63, 3.8) is 0 Å². The van der Waals surface area contributed by atoms with Crippen molar-refractivity contribution in [3.05, 3.63) is 34.9 Å². The van der Waals surface area contributed by atoms with Gasteiger partial charge in [-0.2, -0.15) is 0 Å². The third-order valence-corrected chi connectivity index (χ3v) is 5.77. The molecule has 2 aliphatic carbocycles. The van der Waals surface area contributed by atoms with Crippen LogP contribution < -0.4 is 11.3 Å². The quantitative estimate of drug-likeness (QED) is 0.649. The minimum atomic E-state index is 0.329. The molecule has 110 valence electrons. The summed E-state index contributed by atoms with van der Waals surface area (Å²) in [7, 11) is 0. The predicted molar refractivity (Wildman–Crippen MR) is 84.2 cm³/mol. The minimum absolute atomic E-state index is 0.329. The molecular formula is C18H28N2. The summed E-state index contributed by atoms with van der Waals surface area (Å²) in [6, 6.07) is 7.37. The van der Waals surface area contributed by atoms with Crippen molar-refractivity contribution in [2.45, 2.75) is 58.4 Å². The Labute approximate surface area is 123 Å². The van der Waals surface area contributed by atoms with E-state index in [2.05, 4.69) is 37.5 Å². The van der Waals surface area contributed by atoms with Gasteiger partial charge in [-0.1, -0.05) is 38.5 Å². The molecule has 1 saturated carbocycles. The number of benzene rings is 1. The Bertz CT molecular complexity index is 468. The van der Waals surface area contributed by atoms with Gasteiger partial charge in [-0.3, -0.25) is 11.3 Å². The molecule has 0 heterocycles. The molecule has 4 atom stereocenters. The molecule has 1 aromatic rings. The number of fused-ring (bicyclic) bond motifs is 1. The Morgan fingerprint density at radius 2 is 1.90 bits per heavy atom. The fourth-order valence-corrected chi connectivity index (χ4v) is 4.18. The van der Waals surface area contributed by atoms with Gasteiger partial charge in [0.15, 0.2) is 0 Å². The van der Waals surface area contributed by atoms with E-state index >= 15 is 0 Å². The van der Waals surface area contributed by atoms with E-state index in [9.17, 15) is 0 Å². The molecule has 1 fully saturated rings. The number of hydrogen-bond donors (Lipinski definition) is 2. The molecular weight excluding hydrogens is 244 g/mol. The lowest BCUT2D eigenvalue weighted by Gasteiger charge is -2.36. The average molecular weight is 272 g/mol. The molecule has 20 heavy (non-hydrogen) atoms. The summed E-state index contributed by atoms with van der Waals surface area (Å²) in [4.78, 5) is 0. The van der Waals surface area contributed by atoms with E-state index in [-0.39, 0.29) is 0 Å². The molecule has 2 heteroatoms. The van der Waals surface area contributed by atoms with Crippen molar-refractivity contribution in [2.75, 3.05) is 0 Å². The second kappa shape index (κ2) is 5.87. The Hall–Kier alpha value is -0.860. The van der Waals surface area contributed by atoms with Crippen LogP contribution in [0.2, 0.25) is 0 Å². The lowest BCUT2D eigenvalue weighted by molar-refractivity contribution is 0.171. The Balaban J connectivity index is 1.79. The Morgan fingerprint density at radius 1 is 1.10 bits per heavy atom. The van der Waals surface area contributed by atoms with E-state index < -0.39 is 0 Å². The number of aryl methyl sites for hydroxylation is 2. The third-order valence-electron chi connectivity index (χ3n) is 5.77. The number of nitrogens with two attached hydrogens (primary N) is 1. The van der Waals surface area contributed by atoms with Crippen LogP contribution in [0.3, 0.4) is 0 Å². The van der Waals surface area contributed by atoms with Gasteiger partial charge < -0.3 is 0 Å². The first-order valence-corrected chi connectivity index (χ1v) is 8.27. The van der Waals surface area contributed by atoms with Crippen molar-refractivity contribution in [1.29, 1.82) is 0 Å². The second-order valence-corrected chi connectivity index (χ2v) is 7.05. The summed E-state index contributed by atoms with van der Waals surface area (Å²) in [6.07, 6.45) is 7.77. The first-order chi connectivity index (χ1) is 9.69. The number of hydrogen-bond acceptors (Lipinski definition) is 2. The van der Waals surface area contributed by atoms with Gasteiger partial charge in [0, 0.05) is 6.04 Å². The second-order valence-electron chi connectivity index (χ2n) is 7.05. The third kappa shape index (κ3) is 2.64. The highest BCUT2D eigenvalue weighted by Crippen LogP contribution is 2.40. The molecule has 0 amide bonds. The zero-order valence-corrected chi connectivity index (χ0v) is 12.9. The van der Waals surface area contributed by atoms with Gasteiger partial charge >= 0.3 is 0 Å². The molecule has 0 aliphatic heterocycles. The fraction of sp³-hybridized carbons (Fsp3) is 0.667. The van der Waals surface area contributed by atoms with E-state index in [0.29, 0.717) is 12.0 Å². The van der Waals surface area contributed by atoms with Gasteiger partial charge in [-0.05, 0) is 66.5 Å². The number of hydrazine groups is 1. The summed E-state index contributed by atoms with van der Waals surface area (Å²) in [5.74, 6) is 8.28. The van der Waals surface area contributed by atoms with E-state index in [1.54, 1.807) is 11.1 Å². The predicted octanol–water partition coefficient (Wildman–Crippen LogP) is 3.75. The van der Waals surface area contributed by atoms with Crippen molar-refractivity contribution in [1.82, 2.24) is 5.43 Å². The van der Waals surface area contributed by atoms with Crippen molar-refractivity contribution >= 4 is 0 Å². The van der Waals surface area contributed by atoms with E-state index in [1.165, 1.54) is 44.1 Å². The van der Waals surface area contributed by atoms with Gasteiger partial charge in [0.25, 0.3) is 0 Å². The smallest absolute Gasteiger partial charge is 0.0488 e. The monoisotopic (exact) mass is 272 g/mol. The SMILES string of the molecule is CC1CCC(C(NN)c2ccc3c(c2)CCC3)CC1C. The fourth-order valence-electron chi connectivity index (χ4n) is 4.18. The molecule has 0 saturated heterocycles. The molecule has 3 rings (SSSR count). The van der Waals surface area contributed by atoms with E-state index in [0.717, 1.165) is 11.8 Å². The molecule has 3 N–H and O–H groups in total. The van der Waals surface area contributed by atoms with Crippen LogP contribution in [0.4, 0.5) is 0 Å². The van der Waals surface area contributed by atoms with Crippen LogP contribution in [0.15, 0.2) is 18.2 Å². The molecule has 0 bridgehead atoms. The lowest BCUT2D eigenvalue weighted by atomic mass is 9.72. The maximum atomic E-state index is 5.91. The topological polar surface area (TPSA) is 38.0 Å². The minimum Gasteiger partial charge on any atom is -0.271 e. The zero-order chi connectivity index (χ0) is 14.1. The standard InChI is InChI=1S/C18H28N2/c1-12-6-7-16(10-13(12)2)18(20-19)17-9-8-14-4-3-5-15(14)11-17/h8-9,11-13,16,18,20H,3-7,10,19H2,1-2H3.